The number of ether oxygens (including phenoxy) is 3. The third kappa shape index (κ3) is 3.58. The van der Waals surface area contributed by atoms with Crippen LogP contribution in [-0.4, -0.2) is 42.8 Å². The molecule has 6 heteroatoms. The van der Waals surface area contributed by atoms with Gasteiger partial charge in [-0.1, -0.05) is 0 Å². The number of carbonyl (C=O) groups excluding carboxylic acids is 1. The van der Waals surface area contributed by atoms with E-state index in [1.807, 2.05) is 18.2 Å². The SMILES string of the molecule is COC(=O)C(C)(O)CSc1ccc2c(c1)OCCCO2. The Hall–Kier alpha value is -1.40. The van der Waals surface area contributed by atoms with Crippen LogP contribution in [0, 0.1) is 0 Å². The van der Waals surface area contributed by atoms with Crippen molar-refractivity contribution in [3.63, 3.8) is 0 Å². The highest BCUT2D eigenvalue weighted by molar-refractivity contribution is 7.99. The van der Waals surface area contributed by atoms with Crippen molar-refractivity contribution in [1.29, 1.82) is 0 Å². The molecule has 1 aliphatic heterocycles. The van der Waals surface area contributed by atoms with Gasteiger partial charge in [0, 0.05) is 17.1 Å². The number of esters is 1. The number of benzene rings is 1. The molecule has 20 heavy (non-hydrogen) atoms. The second-order valence-corrected chi connectivity index (χ2v) is 5.76. The Kier molecular flexibility index (Phi) is 4.77. The summed E-state index contributed by atoms with van der Waals surface area (Å²) in [6.45, 7) is 2.71. The molecule has 5 nitrogen and oxygen atoms in total. The fourth-order valence-electron chi connectivity index (χ4n) is 1.74. The topological polar surface area (TPSA) is 65.0 Å². The van der Waals surface area contributed by atoms with Gasteiger partial charge in [0.2, 0.25) is 0 Å². The van der Waals surface area contributed by atoms with E-state index in [2.05, 4.69) is 4.74 Å². The first-order valence-electron chi connectivity index (χ1n) is 6.36. The average molecular weight is 298 g/mol. The molecular weight excluding hydrogens is 280 g/mol. The van der Waals surface area contributed by atoms with E-state index in [1.54, 1.807) is 0 Å². The Morgan fingerprint density at radius 3 is 2.80 bits per heavy atom. The molecule has 2 rings (SSSR count). The van der Waals surface area contributed by atoms with Crippen molar-refractivity contribution in [1.82, 2.24) is 0 Å². The molecule has 1 heterocycles. The molecule has 1 aromatic carbocycles. The smallest absolute Gasteiger partial charge is 0.338 e. The first-order chi connectivity index (χ1) is 9.53. The van der Waals surface area contributed by atoms with E-state index in [0.717, 1.165) is 17.1 Å². The lowest BCUT2D eigenvalue weighted by Gasteiger charge is -2.19. The molecule has 1 atom stereocenters. The van der Waals surface area contributed by atoms with Crippen LogP contribution in [0.4, 0.5) is 0 Å². The van der Waals surface area contributed by atoms with Crippen LogP contribution in [0.1, 0.15) is 13.3 Å². The summed E-state index contributed by atoms with van der Waals surface area (Å²) >= 11 is 1.36. The van der Waals surface area contributed by atoms with Gasteiger partial charge in [-0.15, -0.1) is 11.8 Å². The molecule has 1 unspecified atom stereocenters. The molecule has 0 amide bonds. The Labute approximate surface area is 122 Å². The van der Waals surface area contributed by atoms with Gasteiger partial charge >= 0.3 is 5.97 Å². The van der Waals surface area contributed by atoms with E-state index in [1.165, 1.54) is 25.8 Å². The van der Waals surface area contributed by atoms with E-state index in [4.69, 9.17) is 9.47 Å². The Balaban J connectivity index is 2.04. The van der Waals surface area contributed by atoms with E-state index < -0.39 is 11.6 Å². The number of fused-ring (bicyclic) bond motifs is 1. The molecule has 0 spiro atoms. The first-order valence-corrected chi connectivity index (χ1v) is 7.35. The van der Waals surface area contributed by atoms with Crippen LogP contribution in [0.15, 0.2) is 23.1 Å². The fraction of sp³-hybridized carbons (Fsp3) is 0.500. The second kappa shape index (κ2) is 6.37. The van der Waals surface area contributed by atoms with E-state index in [0.29, 0.717) is 19.0 Å². The maximum Gasteiger partial charge on any atom is 0.338 e. The summed E-state index contributed by atoms with van der Waals surface area (Å²) in [5, 5.41) is 9.98. The summed E-state index contributed by atoms with van der Waals surface area (Å²) in [7, 11) is 1.26. The van der Waals surface area contributed by atoms with Crippen molar-refractivity contribution in [2.24, 2.45) is 0 Å². The van der Waals surface area contributed by atoms with Crippen LogP contribution in [0.25, 0.3) is 0 Å². The van der Waals surface area contributed by atoms with Crippen molar-refractivity contribution in [3.8, 4) is 11.5 Å². The lowest BCUT2D eigenvalue weighted by molar-refractivity contribution is -0.158. The number of carbonyl (C=O) groups is 1. The standard InChI is InChI=1S/C14H18O5S/c1-14(16,13(15)17-2)9-20-10-4-5-11-12(8-10)19-7-3-6-18-11/h4-5,8,16H,3,6-7,9H2,1-2H3. The highest BCUT2D eigenvalue weighted by atomic mass is 32.2. The summed E-state index contributed by atoms with van der Waals surface area (Å²) in [6.07, 6.45) is 0.855. The summed E-state index contributed by atoms with van der Waals surface area (Å²) in [5.74, 6) is 0.996. The van der Waals surface area contributed by atoms with Gasteiger partial charge in [-0.25, -0.2) is 4.79 Å². The summed E-state index contributed by atoms with van der Waals surface area (Å²) in [5.41, 5.74) is -1.51. The molecule has 1 aliphatic rings. The van der Waals surface area contributed by atoms with Crippen LogP contribution >= 0.6 is 11.8 Å². The van der Waals surface area contributed by atoms with Crippen molar-refractivity contribution in [2.75, 3.05) is 26.1 Å². The summed E-state index contributed by atoms with van der Waals surface area (Å²) in [6, 6.07) is 5.58. The Bertz CT molecular complexity index is 486. The number of aliphatic hydroxyl groups is 1. The third-order valence-electron chi connectivity index (χ3n) is 2.86. The van der Waals surface area contributed by atoms with Crippen LogP contribution in [0.3, 0.4) is 0 Å². The summed E-state index contributed by atoms with van der Waals surface area (Å²) < 4.78 is 15.7. The largest absolute Gasteiger partial charge is 0.490 e. The zero-order valence-electron chi connectivity index (χ0n) is 11.5. The zero-order valence-corrected chi connectivity index (χ0v) is 12.4. The van der Waals surface area contributed by atoms with Gasteiger partial charge in [0.05, 0.1) is 20.3 Å². The maximum absolute atomic E-state index is 11.4. The Morgan fingerprint density at radius 1 is 1.40 bits per heavy atom. The molecule has 0 fully saturated rings. The minimum Gasteiger partial charge on any atom is -0.490 e. The molecule has 1 aromatic rings. The quantitative estimate of drug-likeness (QED) is 0.676. The number of hydrogen-bond acceptors (Lipinski definition) is 6. The fourth-order valence-corrected chi connectivity index (χ4v) is 2.66. The van der Waals surface area contributed by atoms with Crippen LogP contribution in [-0.2, 0) is 9.53 Å². The van der Waals surface area contributed by atoms with Gasteiger partial charge in [-0.05, 0) is 25.1 Å². The Morgan fingerprint density at radius 2 is 2.10 bits per heavy atom. The normalized spacial score (nSPS) is 16.9. The minimum atomic E-state index is -1.51. The van der Waals surface area contributed by atoms with Crippen molar-refractivity contribution >= 4 is 17.7 Å². The number of methoxy groups -OCH3 is 1. The number of rotatable bonds is 4. The molecule has 0 aromatic heterocycles. The lowest BCUT2D eigenvalue weighted by Crippen LogP contribution is -2.38. The summed E-state index contributed by atoms with van der Waals surface area (Å²) in [4.78, 5) is 12.3. The number of hydrogen-bond donors (Lipinski definition) is 1. The van der Waals surface area contributed by atoms with E-state index in [-0.39, 0.29) is 5.75 Å². The molecule has 0 saturated heterocycles. The molecule has 110 valence electrons. The van der Waals surface area contributed by atoms with Gasteiger partial charge < -0.3 is 19.3 Å². The molecular formula is C14H18O5S. The zero-order chi connectivity index (χ0) is 14.6. The van der Waals surface area contributed by atoms with Gasteiger partial charge in [0.1, 0.15) is 0 Å². The lowest BCUT2D eigenvalue weighted by atomic mass is 10.1. The molecule has 0 saturated carbocycles. The van der Waals surface area contributed by atoms with Gasteiger partial charge in [-0.3, -0.25) is 0 Å². The highest BCUT2D eigenvalue weighted by Gasteiger charge is 2.31. The number of thioether (sulfide) groups is 1. The van der Waals surface area contributed by atoms with Crippen molar-refractivity contribution in [2.45, 2.75) is 23.8 Å². The third-order valence-corrected chi connectivity index (χ3v) is 4.16. The molecule has 0 radical (unpaired) electrons. The van der Waals surface area contributed by atoms with E-state index >= 15 is 0 Å². The molecule has 0 bridgehead atoms. The minimum absolute atomic E-state index is 0.208. The molecule has 0 aliphatic carbocycles. The molecule has 1 N–H and O–H groups in total. The van der Waals surface area contributed by atoms with Gasteiger partial charge in [0.15, 0.2) is 17.1 Å². The average Bonchev–Trinajstić information content (AvgIpc) is 2.68. The monoisotopic (exact) mass is 298 g/mol. The second-order valence-electron chi connectivity index (χ2n) is 4.71. The predicted octanol–water partition coefficient (Wildman–Crippen LogP) is 1.86. The van der Waals surface area contributed by atoms with Crippen LogP contribution < -0.4 is 9.47 Å². The highest BCUT2D eigenvalue weighted by Crippen LogP contribution is 2.34. The predicted molar refractivity (Wildman–Crippen MR) is 75.4 cm³/mol. The van der Waals surface area contributed by atoms with E-state index in [9.17, 15) is 9.90 Å². The van der Waals surface area contributed by atoms with Crippen LogP contribution in [0.5, 0.6) is 11.5 Å². The van der Waals surface area contributed by atoms with Crippen molar-refractivity contribution < 1.29 is 24.1 Å². The van der Waals surface area contributed by atoms with Crippen LogP contribution in [0.2, 0.25) is 0 Å². The first kappa shape index (κ1) is 15.0. The van der Waals surface area contributed by atoms with Crippen molar-refractivity contribution in [3.05, 3.63) is 18.2 Å². The maximum atomic E-state index is 11.4. The van der Waals surface area contributed by atoms with Gasteiger partial charge in [0.25, 0.3) is 0 Å². The van der Waals surface area contributed by atoms with Gasteiger partial charge in [-0.2, -0.15) is 0 Å².